The fourth-order valence-electron chi connectivity index (χ4n) is 2.64. The summed E-state index contributed by atoms with van der Waals surface area (Å²) in [7, 11) is 1.91. The van der Waals surface area contributed by atoms with Crippen LogP contribution in [-0.4, -0.2) is 26.0 Å². The molecule has 1 amide bonds. The van der Waals surface area contributed by atoms with Gasteiger partial charge in [0, 0.05) is 18.4 Å². The van der Waals surface area contributed by atoms with Crippen molar-refractivity contribution >= 4 is 18.3 Å². The smallest absolute Gasteiger partial charge is 0.220 e. The standard InChI is InChI=1S/C16H24N2O.ClH/c1-13-6-3-4-7-14(13)16(9-10-16)12-18-15(19)8-5-11-17-2;/h3-4,6-7,17H,5,8-12H2,1-2H3,(H,18,19);1H. The van der Waals surface area contributed by atoms with Crippen molar-refractivity contribution in [2.45, 2.75) is 38.0 Å². The first kappa shape index (κ1) is 17.0. The third-order valence-corrected chi connectivity index (χ3v) is 4.02. The van der Waals surface area contributed by atoms with Gasteiger partial charge in [-0.3, -0.25) is 4.79 Å². The lowest BCUT2D eigenvalue weighted by molar-refractivity contribution is -0.121. The second-order valence-corrected chi connectivity index (χ2v) is 5.58. The molecule has 20 heavy (non-hydrogen) atoms. The Labute approximate surface area is 127 Å². The molecule has 0 atom stereocenters. The van der Waals surface area contributed by atoms with Crippen molar-refractivity contribution in [3.05, 3.63) is 35.4 Å². The molecule has 1 aliphatic rings. The molecule has 0 bridgehead atoms. The summed E-state index contributed by atoms with van der Waals surface area (Å²) in [6, 6.07) is 8.53. The van der Waals surface area contributed by atoms with E-state index in [0.717, 1.165) is 19.5 Å². The van der Waals surface area contributed by atoms with Gasteiger partial charge in [-0.2, -0.15) is 0 Å². The van der Waals surface area contributed by atoms with E-state index in [9.17, 15) is 4.79 Å². The molecule has 1 aromatic carbocycles. The molecule has 0 heterocycles. The number of rotatable bonds is 7. The number of amides is 1. The van der Waals surface area contributed by atoms with E-state index in [1.54, 1.807) is 0 Å². The van der Waals surface area contributed by atoms with Crippen LogP contribution < -0.4 is 10.6 Å². The molecule has 1 saturated carbocycles. The number of nitrogens with one attached hydrogen (secondary N) is 2. The van der Waals surface area contributed by atoms with Crippen molar-refractivity contribution in [2.24, 2.45) is 0 Å². The molecule has 1 aliphatic carbocycles. The van der Waals surface area contributed by atoms with E-state index in [2.05, 4.69) is 41.8 Å². The zero-order valence-corrected chi connectivity index (χ0v) is 13.2. The molecule has 0 aromatic heterocycles. The van der Waals surface area contributed by atoms with Crippen LogP contribution in [0.1, 0.15) is 36.8 Å². The summed E-state index contributed by atoms with van der Waals surface area (Å²) in [5.74, 6) is 0.176. The van der Waals surface area contributed by atoms with E-state index < -0.39 is 0 Å². The van der Waals surface area contributed by atoms with Crippen LogP contribution in [0.5, 0.6) is 0 Å². The molecular formula is C16H25ClN2O. The van der Waals surface area contributed by atoms with Crippen LogP contribution in [0.15, 0.2) is 24.3 Å². The van der Waals surface area contributed by atoms with Crippen molar-refractivity contribution in [3.63, 3.8) is 0 Å². The number of halogens is 1. The monoisotopic (exact) mass is 296 g/mol. The summed E-state index contributed by atoms with van der Waals surface area (Å²) in [5.41, 5.74) is 2.96. The highest BCUT2D eigenvalue weighted by Crippen LogP contribution is 2.48. The third kappa shape index (κ3) is 4.22. The minimum Gasteiger partial charge on any atom is -0.355 e. The van der Waals surface area contributed by atoms with E-state index in [0.29, 0.717) is 6.42 Å². The predicted molar refractivity (Wildman–Crippen MR) is 85.5 cm³/mol. The minimum atomic E-state index is 0. The minimum absolute atomic E-state index is 0. The maximum Gasteiger partial charge on any atom is 0.220 e. The van der Waals surface area contributed by atoms with Crippen molar-refractivity contribution in [3.8, 4) is 0 Å². The summed E-state index contributed by atoms with van der Waals surface area (Å²) in [4.78, 5) is 11.8. The number of carbonyl (C=O) groups is 1. The molecule has 0 saturated heterocycles. The van der Waals surface area contributed by atoms with E-state index in [1.165, 1.54) is 24.0 Å². The van der Waals surface area contributed by atoms with Crippen LogP contribution in [0.3, 0.4) is 0 Å². The fourth-order valence-corrected chi connectivity index (χ4v) is 2.64. The lowest BCUT2D eigenvalue weighted by Gasteiger charge is -2.19. The molecule has 3 nitrogen and oxygen atoms in total. The Morgan fingerprint density at radius 2 is 2.00 bits per heavy atom. The maximum absolute atomic E-state index is 11.8. The molecule has 4 heteroatoms. The summed E-state index contributed by atoms with van der Waals surface area (Å²) in [5, 5.41) is 6.16. The molecular weight excluding hydrogens is 272 g/mol. The molecule has 1 aromatic rings. The Morgan fingerprint density at radius 1 is 1.30 bits per heavy atom. The largest absolute Gasteiger partial charge is 0.355 e. The topological polar surface area (TPSA) is 41.1 Å². The van der Waals surface area contributed by atoms with Gasteiger partial charge in [-0.1, -0.05) is 24.3 Å². The molecule has 0 radical (unpaired) electrons. The Balaban J connectivity index is 0.00000200. The quantitative estimate of drug-likeness (QED) is 0.759. The number of carbonyl (C=O) groups excluding carboxylic acids is 1. The lowest BCUT2D eigenvalue weighted by Crippen LogP contribution is -2.32. The highest BCUT2D eigenvalue weighted by Gasteiger charge is 2.44. The molecule has 2 N–H and O–H groups in total. The molecule has 112 valence electrons. The normalized spacial score (nSPS) is 15.3. The summed E-state index contributed by atoms with van der Waals surface area (Å²) < 4.78 is 0. The van der Waals surface area contributed by atoms with Gasteiger partial charge in [0.2, 0.25) is 5.91 Å². The highest BCUT2D eigenvalue weighted by molar-refractivity contribution is 5.85. The summed E-state index contributed by atoms with van der Waals surface area (Å²) in [6.07, 6.45) is 3.90. The average molecular weight is 297 g/mol. The van der Waals surface area contributed by atoms with Gasteiger partial charge in [-0.05, 0) is 50.9 Å². The predicted octanol–water partition coefficient (Wildman–Crippen LogP) is 2.56. The number of benzene rings is 1. The highest BCUT2D eigenvalue weighted by atomic mass is 35.5. The first-order chi connectivity index (χ1) is 9.18. The first-order valence-corrected chi connectivity index (χ1v) is 7.15. The average Bonchev–Trinajstić information content (AvgIpc) is 3.18. The van der Waals surface area contributed by atoms with E-state index in [4.69, 9.17) is 0 Å². The van der Waals surface area contributed by atoms with Crippen molar-refractivity contribution in [1.82, 2.24) is 10.6 Å². The van der Waals surface area contributed by atoms with Crippen molar-refractivity contribution in [2.75, 3.05) is 20.1 Å². The fraction of sp³-hybridized carbons (Fsp3) is 0.562. The van der Waals surface area contributed by atoms with Gasteiger partial charge in [0.05, 0.1) is 0 Å². The van der Waals surface area contributed by atoms with Gasteiger partial charge >= 0.3 is 0 Å². The van der Waals surface area contributed by atoms with Gasteiger partial charge in [0.15, 0.2) is 0 Å². The second kappa shape index (κ2) is 7.65. The van der Waals surface area contributed by atoms with Crippen LogP contribution in [0, 0.1) is 6.92 Å². The van der Waals surface area contributed by atoms with E-state index in [-0.39, 0.29) is 23.7 Å². The van der Waals surface area contributed by atoms with Gasteiger partial charge in [0.25, 0.3) is 0 Å². The molecule has 1 fully saturated rings. The number of hydrogen-bond donors (Lipinski definition) is 2. The Bertz CT molecular complexity index is 444. The van der Waals surface area contributed by atoms with Crippen LogP contribution in [0.25, 0.3) is 0 Å². The van der Waals surface area contributed by atoms with Crippen LogP contribution >= 0.6 is 12.4 Å². The number of hydrogen-bond acceptors (Lipinski definition) is 2. The molecule has 0 aliphatic heterocycles. The van der Waals surface area contributed by atoms with Gasteiger partial charge in [-0.15, -0.1) is 12.4 Å². The Kier molecular flexibility index (Phi) is 6.50. The number of aryl methyl sites for hydroxylation is 1. The lowest BCUT2D eigenvalue weighted by atomic mass is 9.92. The van der Waals surface area contributed by atoms with Gasteiger partial charge in [0.1, 0.15) is 0 Å². The zero-order chi connectivity index (χ0) is 13.7. The molecule has 0 spiro atoms. The Hall–Kier alpha value is -1.06. The van der Waals surface area contributed by atoms with Crippen molar-refractivity contribution < 1.29 is 4.79 Å². The SMILES string of the molecule is CNCCCC(=O)NCC1(c2ccccc2C)CC1.Cl. The van der Waals surface area contributed by atoms with E-state index >= 15 is 0 Å². The van der Waals surface area contributed by atoms with Crippen LogP contribution in [-0.2, 0) is 10.2 Å². The Morgan fingerprint density at radius 3 is 2.60 bits per heavy atom. The van der Waals surface area contributed by atoms with Gasteiger partial charge in [-0.25, -0.2) is 0 Å². The second-order valence-electron chi connectivity index (χ2n) is 5.58. The van der Waals surface area contributed by atoms with E-state index in [1.807, 2.05) is 7.05 Å². The van der Waals surface area contributed by atoms with Crippen LogP contribution in [0.2, 0.25) is 0 Å². The zero-order valence-electron chi connectivity index (χ0n) is 12.4. The first-order valence-electron chi connectivity index (χ1n) is 7.15. The van der Waals surface area contributed by atoms with Crippen LogP contribution in [0.4, 0.5) is 0 Å². The maximum atomic E-state index is 11.8. The summed E-state index contributed by atoms with van der Waals surface area (Å²) >= 11 is 0. The van der Waals surface area contributed by atoms with Gasteiger partial charge < -0.3 is 10.6 Å². The third-order valence-electron chi connectivity index (χ3n) is 4.02. The molecule has 2 rings (SSSR count). The van der Waals surface area contributed by atoms with Crippen molar-refractivity contribution in [1.29, 1.82) is 0 Å². The summed E-state index contributed by atoms with van der Waals surface area (Å²) in [6.45, 7) is 3.84. The molecule has 0 unspecified atom stereocenters.